The minimum atomic E-state index is -0.0975. The minimum absolute atomic E-state index is 0.0975. The van der Waals surface area contributed by atoms with E-state index in [4.69, 9.17) is 0 Å². The average Bonchev–Trinajstić information content (AvgIpc) is 2.25. The van der Waals surface area contributed by atoms with Crippen molar-refractivity contribution in [2.24, 2.45) is 0 Å². The van der Waals surface area contributed by atoms with Crippen LogP contribution in [-0.4, -0.2) is 47.3 Å². The molecule has 0 aromatic rings. The van der Waals surface area contributed by atoms with Gasteiger partial charge in [-0.3, -0.25) is 4.90 Å². The molecule has 1 aliphatic rings. The van der Waals surface area contributed by atoms with Crippen LogP contribution < -0.4 is 0 Å². The van der Waals surface area contributed by atoms with E-state index in [0.29, 0.717) is 12.1 Å². The summed E-state index contributed by atoms with van der Waals surface area (Å²) in [5.74, 6) is 1.18. The van der Waals surface area contributed by atoms with Crippen molar-refractivity contribution in [2.75, 3.05) is 19.1 Å². The summed E-state index contributed by atoms with van der Waals surface area (Å²) in [6.07, 6.45) is 7.88. The predicted molar refractivity (Wildman–Crippen MR) is 68.5 cm³/mol. The molecule has 0 aliphatic heterocycles. The van der Waals surface area contributed by atoms with Crippen LogP contribution in [0.25, 0.3) is 0 Å². The Hall–Kier alpha value is 0.270. The first-order chi connectivity index (χ1) is 7.20. The van der Waals surface area contributed by atoms with Crippen molar-refractivity contribution in [2.45, 2.75) is 57.2 Å². The molecule has 0 saturated heterocycles. The van der Waals surface area contributed by atoms with Gasteiger partial charge in [0.15, 0.2) is 0 Å². The Kier molecular flexibility index (Phi) is 6.02. The van der Waals surface area contributed by atoms with Gasteiger partial charge >= 0.3 is 0 Å². The molecule has 0 radical (unpaired) electrons. The largest absolute Gasteiger partial charge is 0.391 e. The van der Waals surface area contributed by atoms with E-state index in [1.54, 1.807) is 0 Å². The van der Waals surface area contributed by atoms with E-state index in [9.17, 15) is 5.11 Å². The van der Waals surface area contributed by atoms with Gasteiger partial charge in [-0.15, -0.1) is 0 Å². The van der Waals surface area contributed by atoms with Crippen LogP contribution in [-0.2, 0) is 0 Å². The van der Waals surface area contributed by atoms with Gasteiger partial charge in [-0.05, 0) is 32.6 Å². The Labute approximate surface area is 98.4 Å². The number of aliphatic hydroxyl groups excluding tert-OH is 1. The zero-order valence-electron chi connectivity index (χ0n) is 10.3. The number of thioether (sulfide) groups is 1. The Morgan fingerprint density at radius 2 is 2.07 bits per heavy atom. The van der Waals surface area contributed by atoms with Gasteiger partial charge in [-0.25, -0.2) is 0 Å². The van der Waals surface area contributed by atoms with Gasteiger partial charge in [-0.1, -0.05) is 19.8 Å². The highest BCUT2D eigenvalue weighted by atomic mass is 32.2. The van der Waals surface area contributed by atoms with Gasteiger partial charge in [0.1, 0.15) is 0 Å². The molecular weight excluding hydrogens is 206 g/mol. The van der Waals surface area contributed by atoms with Gasteiger partial charge in [0.25, 0.3) is 0 Å². The lowest BCUT2D eigenvalue weighted by Crippen LogP contribution is -2.48. The zero-order chi connectivity index (χ0) is 11.3. The van der Waals surface area contributed by atoms with Crippen molar-refractivity contribution in [3.05, 3.63) is 0 Å². The molecule has 90 valence electrons. The fraction of sp³-hybridized carbons (Fsp3) is 1.00. The molecule has 1 N–H and O–H groups in total. The molecule has 1 aliphatic carbocycles. The predicted octanol–water partition coefficient (Wildman–Crippen LogP) is 2.36. The van der Waals surface area contributed by atoms with E-state index in [-0.39, 0.29) is 6.10 Å². The maximum Gasteiger partial charge on any atom is 0.0695 e. The highest BCUT2D eigenvalue weighted by molar-refractivity contribution is 7.98. The zero-order valence-corrected chi connectivity index (χ0v) is 11.1. The number of hydrogen-bond donors (Lipinski definition) is 1. The first-order valence-corrected chi connectivity index (χ1v) is 7.49. The van der Waals surface area contributed by atoms with E-state index in [2.05, 4.69) is 25.1 Å². The molecule has 2 nitrogen and oxygen atoms in total. The van der Waals surface area contributed by atoms with Crippen LogP contribution in [0.3, 0.4) is 0 Å². The molecule has 0 aromatic heterocycles. The minimum Gasteiger partial charge on any atom is -0.391 e. The summed E-state index contributed by atoms with van der Waals surface area (Å²) < 4.78 is 0. The van der Waals surface area contributed by atoms with Crippen molar-refractivity contribution in [1.29, 1.82) is 0 Å². The number of rotatable bonds is 5. The van der Waals surface area contributed by atoms with Crippen molar-refractivity contribution < 1.29 is 5.11 Å². The summed E-state index contributed by atoms with van der Waals surface area (Å²) in [5, 5.41) is 10.0. The van der Waals surface area contributed by atoms with Gasteiger partial charge < -0.3 is 5.11 Å². The molecule has 3 atom stereocenters. The van der Waals surface area contributed by atoms with Gasteiger partial charge in [0.2, 0.25) is 0 Å². The van der Waals surface area contributed by atoms with Crippen molar-refractivity contribution in [3.63, 3.8) is 0 Å². The lowest BCUT2D eigenvalue weighted by Gasteiger charge is -2.39. The van der Waals surface area contributed by atoms with Crippen LogP contribution in [0.1, 0.15) is 39.0 Å². The van der Waals surface area contributed by atoms with Crippen LogP contribution in [0.5, 0.6) is 0 Å². The number of aliphatic hydroxyl groups is 1. The highest BCUT2D eigenvalue weighted by Crippen LogP contribution is 2.25. The topological polar surface area (TPSA) is 23.5 Å². The number of nitrogens with zero attached hydrogens (tertiary/aromatic N) is 1. The Morgan fingerprint density at radius 3 is 2.60 bits per heavy atom. The third-order valence-corrected chi connectivity index (χ3v) is 4.34. The van der Waals surface area contributed by atoms with E-state index >= 15 is 0 Å². The monoisotopic (exact) mass is 231 g/mol. The van der Waals surface area contributed by atoms with Crippen LogP contribution in [0.2, 0.25) is 0 Å². The summed E-state index contributed by atoms with van der Waals surface area (Å²) in [7, 11) is 2.18. The van der Waals surface area contributed by atoms with Crippen LogP contribution in [0.4, 0.5) is 0 Å². The molecule has 0 aromatic carbocycles. The van der Waals surface area contributed by atoms with E-state index in [1.165, 1.54) is 31.4 Å². The van der Waals surface area contributed by atoms with Crippen molar-refractivity contribution >= 4 is 11.8 Å². The smallest absolute Gasteiger partial charge is 0.0695 e. The lowest BCUT2D eigenvalue weighted by molar-refractivity contribution is 0.0162. The van der Waals surface area contributed by atoms with Crippen LogP contribution >= 0.6 is 11.8 Å². The SMILES string of the molecule is CCC(CSC)N(C)[C@H]1CCCC[C@@H]1O. The maximum absolute atomic E-state index is 10.0. The molecular formula is C12H25NOS. The first kappa shape index (κ1) is 13.3. The second kappa shape index (κ2) is 6.77. The molecule has 0 spiro atoms. The maximum atomic E-state index is 10.0. The average molecular weight is 231 g/mol. The van der Waals surface area contributed by atoms with Gasteiger partial charge in [0, 0.05) is 17.8 Å². The van der Waals surface area contributed by atoms with E-state index in [1.807, 2.05) is 11.8 Å². The normalized spacial score (nSPS) is 29.4. The number of hydrogen-bond acceptors (Lipinski definition) is 3. The summed E-state index contributed by atoms with van der Waals surface area (Å²) in [6, 6.07) is 1.02. The molecule has 1 unspecified atom stereocenters. The molecule has 3 heteroatoms. The summed E-state index contributed by atoms with van der Waals surface area (Å²) in [5.41, 5.74) is 0. The third-order valence-electron chi connectivity index (χ3n) is 3.62. The molecule has 1 rings (SSSR count). The summed E-state index contributed by atoms with van der Waals surface area (Å²) in [6.45, 7) is 2.24. The molecule has 0 heterocycles. The Balaban J connectivity index is 2.51. The van der Waals surface area contributed by atoms with Gasteiger partial charge in [-0.2, -0.15) is 11.8 Å². The Bertz CT molecular complexity index is 177. The standard InChI is InChI=1S/C12H25NOS/c1-4-10(9-15-3)13(2)11-7-5-6-8-12(11)14/h10-12,14H,4-9H2,1-3H3/t10?,11-,12-/m0/s1. The van der Waals surface area contributed by atoms with Crippen molar-refractivity contribution in [1.82, 2.24) is 4.90 Å². The van der Waals surface area contributed by atoms with E-state index in [0.717, 1.165) is 6.42 Å². The van der Waals surface area contributed by atoms with Crippen LogP contribution in [0, 0.1) is 0 Å². The second-order valence-electron chi connectivity index (χ2n) is 4.60. The third kappa shape index (κ3) is 3.65. The fourth-order valence-corrected chi connectivity index (χ4v) is 3.41. The molecule has 0 amide bonds. The quantitative estimate of drug-likeness (QED) is 0.786. The fourth-order valence-electron chi connectivity index (χ4n) is 2.55. The van der Waals surface area contributed by atoms with Gasteiger partial charge in [0.05, 0.1) is 6.10 Å². The first-order valence-electron chi connectivity index (χ1n) is 6.09. The second-order valence-corrected chi connectivity index (χ2v) is 5.51. The molecule has 1 fully saturated rings. The molecule has 0 bridgehead atoms. The number of likely N-dealkylation sites (N-methyl/N-ethyl adjacent to an activating group) is 1. The van der Waals surface area contributed by atoms with Crippen LogP contribution in [0.15, 0.2) is 0 Å². The lowest BCUT2D eigenvalue weighted by atomic mass is 9.90. The van der Waals surface area contributed by atoms with Crippen molar-refractivity contribution in [3.8, 4) is 0 Å². The van der Waals surface area contributed by atoms with E-state index < -0.39 is 0 Å². The Morgan fingerprint density at radius 1 is 1.40 bits per heavy atom. The summed E-state index contributed by atoms with van der Waals surface area (Å²) >= 11 is 1.90. The highest BCUT2D eigenvalue weighted by Gasteiger charge is 2.29. The summed E-state index contributed by atoms with van der Waals surface area (Å²) in [4.78, 5) is 2.42. The molecule has 15 heavy (non-hydrogen) atoms. The molecule has 1 saturated carbocycles.